The van der Waals surface area contributed by atoms with Crippen molar-refractivity contribution in [3.05, 3.63) is 66.0 Å². The third-order valence-corrected chi connectivity index (χ3v) is 3.31. The number of ether oxygens (including phenoxy) is 1. The number of hydrogen-bond acceptors (Lipinski definition) is 3. The van der Waals surface area contributed by atoms with E-state index in [1.54, 1.807) is 10.6 Å². The summed E-state index contributed by atoms with van der Waals surface area (Å²) in [6.45, 7) is 2.94. The van der Waals surface area contributed by atoms with E-state index in [0.29, 0.717) is 18.8 Å². The van der Waals surface area contributed by atoms with Gasteiger partial charge in [0.25, 0.3) is 5.91 Å². The zero-order valence-corrected chi connectivity index (χ0v) is 12.3. The van der Waals surface area contributed by atoms with E-state index in [0.717, 1.165) is 16.8 Å². The number of amides is 1. The van der Waals surface area contributed by atoms with E-state index in [4.69, 9.17) is 4.74 Å². The van der Waals surface area contributed by atoms with Crippen LogP contribution in [0.4, 0.5) is 0 Å². The molecule has 0 unspecified atom stereocenters. The Morgan fingerprint density at radius 1 is 1.23 bits per heavy atom. The summed E-state index contributed by atoms with van der Waals surface area (Å²) in [6.07, 6.45) is 1.82. The molecular weight excluding hydrogens is 278 g/mol. The predicted molar refractivity (Wildman–Crippen MR) is 84.0 cm³/mol. The molecule has 0 saturated heterocycles. The summed E-state index contributed by atoms with van der Waals surface area (Å²) >= 11 is 0. The van der Waals surface area contributed by atoms with Crippen LogP contribution in [0.25, 0.3) is 5.52 Å². The van der Waals surface area contributed by atoms with Crippen LogP contribution in [-0.2, 0) is 6.54 Å². The fourth-order valence-electron chi connectivity index (χ4n) is 2.26. The molecule has 0 aliphatic carbocycles. The van der Waals surface area contributed by atoms with Crippen LogP contribution in [0.2, 0.25) is 0 Å². The molecule has 112 valence electrons. The fraction of sp³-hybridized carbons (Fsp3) is 0.176. The quantitative estimate of drug-likeness (QED) is 0.787. The minimum atomic E-state index is -0.199. The van der Waals surface area contributed by atoms with Crippen molar-refractivity contribution in [3.63, 3.8) is 0 Å². The van der Waals surface area contributed by atoms with Gasteiger partial charge in [0, 0.05) is 18.3 Å². The van der Waals surface area contributed by atoms with E-state index >= 15 is 0 Å². The maximum atomic E-state index is 12.2. The van der Waals surface area contributed by atoms with Crippen molar-refractivity contribution in [3.8, 4) is 5.75 Å². The highest BCUT2D eigenvalue weighted by Crippen LogP contribution is 2.17. The van der Waals surface area contributed by atoms with E-state index in [1.807, 2.05) is 55.6 Å². The fourth-order valence-corrected chi connectivity index (χ4v) is 2.26. The van der Waals surface area contributed by atoms with Gasteiger partial charge in [-0.15, -0.1) is 0 Å². The Morgan fingerprint density at radius 2 is 2.05 bits per heavy atom. The van der Waals surface area contributed by atoms with Gasteiger partial charge >= 0.3 is 0 Å². The molecule has 3 aromatic rings. The van der Waals surface area contributed by atoms with E-state index in [-0.39, 0.29) is 5.91 Å². The van der Waals surface area contributed by atoms with Crippen LogP contribution in [-0.4, -0.2) is 22.1 Å². The Kier molecular flexibility index (Phi) is 4.05. The average Bonchev–Trinajstić information content (AvgIpc) is 2.98. The van der Waals surface area contributed by atoms with Crippen LogP contribution in [0.5, 0.6) is 5.75 Å². The molecule has 0 bridgehead atoms. The number of nitrogens with one attached hydrogen (secondary N) is 1. The Bertz CT molecular complexity index is 762. The largest absolute Gasteiger partial charge is 0.494 e. The number of benzene rings is 1. The summed E-state index contributed by atoms with van der Waals surface area (Å²) in [7, 11) is 0. The molecule has 1 N–H and O–H groups in total. The summed E-state index contributed by atoms with van der Waals surface area (Å²) in [5, 5.41) is 7.14. The number of nitrogens with zero attached hydrogens (tertiary/aromatic N) is 2. The Hall–Kier alpha value is -2.82. The lowest BCUT2D eigenvalue weighted by Gasteiger charge is -2.10. The van der Waals surface area contributed by atoms with Gasteiger partial charge in [0.2, 0.25) is 0 Å². The summed E-state index contributed by atoms with van der Waals surface area (Å²) in [5.74, 6) is 0.593. The number of carbonyl (C=O) groups is 1. The topological polar surface area (TPSA) is 55.6 Å². The third kappa shape index (κ3) is 2.93. The van der Waals surface area contributed by atoms with Gasteiger partial charge in [-0.3, -0.25) is 4.79 Å². The van der Waals surface area contributed by atoms with Gasteiger partial charge in [0.05, 0.1) is 12.1 Å². The maximum absolute atomic E-state index is 12.2. The lowest BCUT2D eigenvalue weighted by molar-refractivity contribution is 0.0945. The lowest BCUT2D eigenvalue weighted by atomic mass is 10.2. The molecule has 0 radical (unpaired) electrons. The van der Waals surface area contributed by atoms with Crippen molar-refractivity contribution in [1.82, 2.24) is 14.9 Å². The van der Waals surface area contributed by atoms with Gasteiger partial charge in [-0.1, -0.05) is 24.3 Å². The molecule has 22 heavy (non-hydrogen) atoms. The van der Waals surface area contributed by atoms with Crippen LogP contribution in [0.15, 0.2) is 54.7 Å². The van der Waals surface area contributed by atoms with Crippen LogP contribution in [0, 0.1) is 0 Å². The summed E-state index contributed by atoms with van der Waals surface area (Å²) in [5.41, 5.74) is 2.24. The van der Waals surface area contributed by atoms with Crippen molar-refractivity contribution in [2.24, 2.45) is 0 Å². The molecule has 0 aliphatic rings. The highest BCUT2D eigenvalue weighted by atomic mass is 16.5. The van der Waals surface area contributed by atoms with Crippen LogP contribution >= 0.6 is 0 Å². The number of carbonyl (C=O) groups excluding carboxylic acids is 1. The molecular formula is C17H17N3O2. The van der Waals surface area contributed by atoms with Crippen LogP contribution in [0.1, 0.15) is 23.0 Å². The number of rotatable bonds is 5. The predicted octanol–water partition coefficient (Wildman–Crippen LogP) is 2.66. The highest BCUT2D eigenvalue weighted by molar-refractivity contribution is 5.93. The second kappa shape index (κ2) is 6.30. The first-order valence-electron chi connectivity index (χ1n) is 7.21. The molecule has 5 nitrogen and oxygen atoms in total. The number of pyridine rings is 1. The first-order valence-corrected chi connectivity index (χ1v) is 7.21. The van der Waals surface area contributed by atoms with Gasteiger partial charge in [0.15, 0.2) is 5.69 Å². The summed E-state index contributed by atoms with van der Waals surface area (Å²) in [6, 6.07) is 15.1. The minimum Gasteiger partial charge on any atom is -0.494 e. The molecule has 2 aromatic heterocycles. The molecule has 0 fully saturated rings. The second-order valence-electron chi connectivity index (χ2n) is 4.82. The molecule has 1 amide bonds. The minimum absolute atomic E-state index is 0.199. The first-order chi connectivity index (χ1) is 10.8. The SMILES string of the molecule is CCOc1ccccc1CNC(=O)c1cc2ccccn2n1. The van der Waals surface area contributed by atoms with Crippen molar-refractivity contribution in [2.45, 2.75) is 13.5 Å². The van der Waals surface area contributed by atoms with Crippen LogP contribution < -0.4 is 10.1 Å². The molecule has 0 atom stereocenters. The highest BCUT2D eigenvalue weighted by Gasteiger charge is 2.11. The van der Waals surface area contributed by atoms with E-state index < -0.39 is 0 Å². The van der Waals surface area contributed by atoms with Crippen molar-refractivity contribution in [2.75, 3.05) is 6.61 Å². The molecule has 0 spiro atoms. The smallest absolute Gasteiger partial charge is 0.272 e. The Morgan fingerprint density at radius 3 is 2.86 bits per heavy atom. The van der Waals surface area contributed by atoms with Crippen LogP contribution in [0.3, 0.4) is 0 Å². The maximum Gasteiger partial charge on any atom is 0.272 e. The third-order valence-electron chi connectivity index (χ3n) is 3.31. The van der Waals surface area contributed by atoms with Gasteiger partial charge in [-0.25, -0.2) is 4.52 Å². The monoisotopic (exact) mass is 295 g/mol. The molecule has 2 heterocycles. The number of aromatic nitrogens is 2. The number of hydrogen-bond donors (Lipinski definition) is 1. The lowest BCUT2D eigenvalue weighted by Crippen LogP contribution is -2.23. The number of para-hydroxylation sites is 1. The zero-order chi connectivity index (χ0) is 15.4. The molecule has 3 rings (SSSR count). The molecule has 1 aromatic carbocycles. The van der Waals surface area contributed by atoms with Gasteiger partial charge in [-0.05, 0) is 31.2 Å². The van der Waals surface area contributed by atoms with E-state index in [1.165, 1.54) is 0 Å². The summed E-state index contributed by atoms with van der Waals surface area (Å²) < 4.78 is 7.24. The average molecular weight is 295 g/mol. The second-order valence-corrected chi connectivity index (χ2v) is 4.82. The molecule has 0 saturated carbocycles. The molecule has 5 heteroatoms. The van der Waals surface area contributed by atoms with Gasteiger partial charge in [0.1, 0.15) is 5.75 Å². The molecule has 0 aliphatic heterocycles. The van der Waals surface area contributed by atoms with Gasteiger partial charge < -0.3 is 10.1 Å². The summed E-state index contributed by atoms with van der Waals surface area (Å²) in [4.78, 5) is 12.2. The first kappa shape index (κ1) is 14.1. The van der Waals surface area contributed by atoms with Crippen molar-refractivity contribution >= 4 is 11.4 Å². The van der Waals surface area contributed by atoms with Crippen molar-refractivity contribution in [1.29, 1.82) is 0 Å². The Labute approximate surface area is 128 Å². The van der Waals surface area contributed by atoms with Crippen molar-refractivity contribution < 1.29 is 9.53 Å². The van der Waals surface area contributed by atoms with E-state index in [9.17, 15) is 4.79 Å². The number of fused-ring (bicyclic) bond motifs is 1. The van der Waals surface area contributed by atoms with E-state index in [2.05, 4.69) is 10.4 Å². The normalized spacial score (nSPS) is 10.6. The standard InChI is InChI=1S/C17H17N3O2/c1-2-22-16-9-4-3-7-13(16)12-18-17(21)15-11-14-8-5-6-10-20(14)19-15/h3-11H,2,12H2,1H3,(H,18,21). The Balaban J connectivity index is 1.72. The van der Waals surface area contributed by atoms with Gasteiger partial charge in [-0.2, -0.15) is 5.10 Å². The zero-order valence-electron chi connectivity index (χ0n) is 12.3.